The van der Waals surface area contributed by atoms with Crippen molar-refractivity contribution in [2.45, 2.75) is 5.92 Å². The maximum absolute atomic E-state index is 11.9. The first-order valence-corrected chi connectivity index (χ1v) is 8.10. The van der Waals surface area contributed by atoms with Crippen molar-refractivity contribution in [1.29, 1.82) is 0 Å². The summed E-state index contributed by atoms with van der Waals surface area (Å²) in [5, 5.41) is 0.834. The van der Waals surface area contributed by atoms with E-state index in [0.717, 1.165) is 22.3 Å². The summed E-state index contributed by atoms with van der Waals surface area (Å²) in [5.41, 5.74) is 7.92. The molecule has 1 aromatic carbocycles. The molecule has 1 unspecified atom stereocenters. The van der Waals surface area contributed by atoms with Gasteiger partial charge in [-0.25, -0.2) is 9.97 Å². The van der Waals surface area contributed by atoms with E-state index in [1.165, 1.54) is 6.33 Å². The number of ether oxygens (including phenoxy) is 1. The lowest BCUT2D eigenvalue weighted by Crippen LogP contribution is -2.22. The zero-order chi connectivity index (χ0) is 18.1. The topological polar surface area (TPSA) is 98.8 Å². The fourth-order valence-corrected chi connectivity index (χ4v) is 3.00. The number of amides is 1. The SMILES string of the molecule is Cn1ccc2c(Oc3ccc(C(C(N)=O)c4ccc[nH]4)cc3)ncnc21. The first-order chi connectivity index (χ1) is 12.6. The summed E-state index contributed by atoms with van der Waals surface area (Å²) < 4.78 is 7.81. The number of aromatic amines is 1. The number of nitrogens with zero attached hydrogens (tertiary/aromatic N) is 3. The number of benzene rings is 1. The molecule has 0 fully saturated rings. The molecule has 1 amide bonds. The van der Waals surface area contributed by atoms with Crippen LogP contribution in [-0.4, -0.2) is 25.4 Å². The smallest absolute Gasteiger partial charge is 0.231 e. The molecule has 7 heteroatoms. The molecule has 0 spiro atoms. The number of hydrogen-bond acceptors (Lipinski definition) is 4. The molecule has 0 aliphatic heterocycles. The van der Waals surface area contributed by atoms with Gasteiger partial charge >= 0.3 is 0 Å². The number of aryl methyl sites for hydroxylation is 1. The van der Waals surface area contributed by atoms with Crippen molar-refractivity contribution in [1.82, 2.24) is 19.5 Å². The lowest BCUT2D eigenvalue weighted by Gasteiger charge is -2.13. The predicted molar refractivity (Wildman–Crippen MR) is 96.9 cm³/mol. The van der Waals surface area contributed by atoms with E-state index in [1.54, 1.807) is 18.3 Å². The monoisotopic (exact) mass is 347 g/mol. The minimum atomic E-state index is -0.529. The number of rotatable bonds is 5. The average Bonchev–Trinajstić information content (AvgIpc) is 3.28. The van der Waals surface area contributed by atoms with Crippen molar-refractivity contribution >= 4 is 16.9 Å². The average molecular weight is 347 g/mol. The Hall–Kier alpha value is -3.61. The minimum absolute atomic E-state index is 0.414. The number of aromatic nitrogens is 4. The van der Waals surface area contributed by atoms with Crippen LogP contribution in [0.5, 0.6) is 11.6 Å². The van der Waals surface area contributed by atoms with Gasteiger partial charge in [0.2, 0.25) is 11.8 Å². The fourth-order valence-electron chi connectivity index (χ4n) is 3.00. The second-order valence-corrected chi connectivity index (χ2v) is 5.97. The molecule has 26 heavy (non-hydrogen) atoms. The number of nitrogens with one attached hydrogen (secondary N) is 1. The number of nitrogens with two attached hydrogens (primary N) is 1. The Labute approximate surface area is 149 Å². The number of fused-ring (bicyclic) bond motifs is 1. The molecule has 3 heterocycles. The van der Waals surface area contributed by atoms with Crippen molar-refractivity contribution < 1.29 is 9.53 Å². The van der Waals surface area contributed by atoms with Crippen molar-refractivity contribution in [2.75, 3.05) is 0 Å². The molecule has 0 radical (unpaired) electrons. The second kappa shape index (κ2) is 6.36. The molecule has 130 valence electrons. The molecule has 3 N–H and O–H groups in total. The number of H-pyrrole nitrogens is 1. The van der Waals surface area contributed by atoms with Gasteiger partial charge in [-0.15, -0.1) is 0 Å². The fraction of sp³-hybridized carbons (Fsp3) is 0.105. The van der Waals surface area contributed by atoms with Crippen LogP contribution in [0.15, 0.2) is 61.2 Å². The summed E-state index contributed by atoms with van der Waals surface area (Å²) in [5.74, 6) is 0.160. The van der Waals surface area contributed by atoms with E-state index >= 15 is 0 Å². The van der Waals surface area contributed by atoms with Gasteiger partial charge in [-0.1, -0.05) is 12.1 Å². The van der Waals surface area contributed by atoms with Gasteiger partial charge in [0.15, 0.2) is 0 Å². The Morgan fingerprint density at radius 1 is 1.19 bits per heavy atom. The highest BCUT2D eigenvalue weighted by Gasteiger charge is 2.21. The highest BCUT2D eigenvalue weighted by atomic mass is 16.5. The van der Waals surface area contributed by atoms with E-state index in [-0.39, 0.29) is 0 Å². The van der Waals surface area contributed by atoms with E-state index in [1.807, 2.05) is 48.1 Å². The van der Waals surface area contributed by atoms with E-state index in [4.69, 9.17) is 10.5 Å². The summed E-state index contributed by atoms with van der Waals surface area (Å²) in [6.07, 6.45) is 5.15. The standard InChI is InChI=1S/C19H17N5O2/c1-24-10-8-14-18(24)22-11-23-19(14)26-13-6-4-12(5-7-13)16(17(20)25)15-3-2-9-21-15/h2-11,16,21H,1H3,(H2,20,25). The van der Waals surface area contributed by atoms with Crippen molar-refractivity contribution in [3.63, 3.8) is 0 Å². The molecule has 4 rings (SSSR count). The molecule has 3 aromatic heterocycles. The lowest BCUT2D eigenvalue weighted by atomic mass is 9.95. The van der Waals surface area contributed by atoms with Crippen LogP contribution in [-0.2, 0) is 11.8 Å². The minimum Gasteiger partial charge on any atom is -0.438 e. The van der Waals surface area contributed by atoms with Crippen LogP contribution in [0.25, 0.3) is 11.0 Å². The third-order valence-electron chi connectivity index (χ3n) is 4.27. The molecule has 7 nitrogen and oxygen atoms in total. The van der Waals surface area contributed by atoms with Gasteiger partial charge in [0.1, 0.15) is 23.6 Å². The Bertz CT molecular complexity index is 1050. The van der Waals surface area contributed by atoms with E-state index in [2.05, 4.69) is 15.0 Å². The highest BCUT2D eigenvalue weighted by molar-refractivity contribution is 5.85. The molecular formula is C19H17N5O2. The van der Waals surface area contributed by atoms with Crippen LogP contribution in [0.3, 0.4) is 0 Å². The van der Waals surface area contributed by atoms with E-state index < -0.39 is 11.8 Å². The molecule has 0 bridgehead atoms. The number of carbonyl (C=O) groups is 1. The Balaban J connectivity index is 1.62. The third kappa shape index (κ3) is 2.79. The van der Waals surface area contributed by atoms with Crippen molar-refractivity contribution in [3.05, 3.63) is 72.4 Å². The molecule has 1 atom stereocenters. The summed E-state index contributed by atoms with van der Waals surface area (Å²) in [7, 11) is 1.92. The highest BCUT2D eigenvalue weighted by Crippen LogP contribution is 2.29. The van der Waals surface area contributed by atoms with E-state index in [9.17, 15) is 4.79 Å². The molecule has 0 aliphatic carbocycles. The predicted octanol–water partition coefficient (Wildman–Crippen LogP) is 2.71. The van der Waals surface area contributed by atoms with Gasteiger partial charge in [0.25, 0.3) is 0 Å². The molecule has 0 saturated heterocycles. The van der Waals surface area contributed by atoms with Gasteiger partial charge in [-0.3, -0.25) is 4.79 Å². The molecule has 0 saturated carbocycles. The zero-order valence-corrected chi connectivity index (χ0v) is 14.1. The van der Waals surface area contributed by atoms with Crippen LogP contribution >= 0.6 is 0 Å². The Morgan fingerprint density at radius 2 is 2.00 bits per heavy atom. The van der Waals surface area contributed by atoms with Crippen LogP contribution in [0, 0.1) is 0 Å². The van der Waals surface area contributed by atoms with Crippen LogP contribution < -0.4 is 10.5 Å². The first-order valence-electron chi connectivity index (χ1n) is 8.10. The number of hydrogen-bond donors (Lipinski definition) is 2. The Morgan fingerprint density at radius 3 is 2.69 bits per heavy atom. The van der Waals surface area contributed by atoms with Gasteiger partial charge in [0, 0.05) is 25.1 Å². The normalized spacial score (nSPS) is 12.2. The molecule has 0 aliphatic rings. The summed E-state index contributed by atoms with van der Waals surface area (Å²) in [4.78, 5) is 23.4. The van der Waals surface area contributed by atoms with Crippen LogP contribution in [0.4, 0.5) is 0 Å². The number of primary amides is 1. The van der Waals surface area contributed by atoms with Gasteiger partial charge in [0.05, 0.1) is 5.39 Å². The molecule has 4 aromatic rings. The summed E-state index contributed by atoms with van der Waals surface area (Å²) in [6, 6.07) is 12.8. The molecular weight excluding hydrogens is 330 g/mol. The maximum Gasteiger partial charge on any atom is 0.231 e. The third-order valence-corrected chi connectivity index (χ3v) is 4.27. The van der Waals surface area contributed by atoms with Crippen molar-refractivity contribution in [3.8, 4) is 11.6 Å². The van der Waals surface area contributed by atoms with E-state index in [0.29, 0.717) is 11.6 Å². The van der Waals surface area contributed by atoms with Gasteiger partial charge in [-0.05, 0) is 35.9 Å². The lowest BCUT2D eigenvalue weighted by molar-refractivity contribution is -0.118. The van der Waals surface area contributed by atoms with Crippen LogP contribution in [0.1, 0.15) is 17.2 Å². The first kappa shape index (κ1) is 15.9. The number of carbonyl (C=O) groups excluding carboxylic acids is 1. The quantitative estimate of drug-likeness (QED) is 0.580. The summed E-state index contributed by atoms with van der Waals surface area (Å²) in [6.45, 7) is 0. The van der Waals surface area contributed by atoms with Gasteiger partial charge < -0.3 is 20.0 Å². The summed E-state index contributed by atoms with van der Waals surface area (Å²) >= 11 is 0. The zero-order valence-electron chi connectivity index (χ0n) is 14.1. The Kier molecular flexibility index (Phi) is 3.89. The largest absolute Gasteiger partial charge is 0.438 e. The van der Waals surface area contributed by atoms with Crippen molar-refractivity contribution in [2.24, 2.45) is 12.8 Å². The van der Waals surface area contributed by atoms with Crippen LogP contribution in [0.2, 0.25) is 0 Å². The maximum atomic E-state index is 11.9. The van der Waals surface area contributed by atoms with Gasteiger partial charge in [-0.2, -0.15) is 0 Å². The second-order valence-electron chi connectivity index (χ2n) is 5.97.